The van der Waals surface area contributed by atoms with Crippen LogP contribution in [0.15, 0.2) is 35.7 Å². The molecule has 2 atom stereocenters. The van der Waals surface area contributed by atoms with E-state index in [1.165, 1.54) is 11.3 Å². The molecule has 0 saturated carbocycles. The number of aliphatic carboxylic acids is 2. The molecule has 0 amide bonds. The number of thiophene rings is 1. The van der Waals surface area contributed by atoms with Crippen molar-refractivity contribution in [2.24, 2.45) is 5.73 Å². The lowest BCUT2D eigenvalue weighted by molar-refractivity contribution is -0.139. The van der Waals surface area contributed by atoms with Gasteiger partial charge in [0.05, 0.1) is 15.0 Å². The Hall–Kier alpha value is -1.80. The molecule has 0 aliphatic rings. The Kier molecular flexibility index (Phi) is 8.71. The van der Waals surface area contributed by atoms with Crippen molar-refractivity contribution in [2.75, 3.05) is 5.32 Å². The van der Waals surface area contributed by atoms with Crippen LogP contribution in [0.1, 0.15) is 12.5 Å². The number of hydrogen-bond acceptors (Lipinski definition) is 5. The van der Waals surface area contributed by atoms with E-state index < -0.39 is 24.0 Å². The zero-order valence-corrected chi connectivity index (χ0v) is 15.6. The Bertz CT molecular complexity index is 710. The predicted molar refractivity (Wildman–Crippen MR) is 101 cm³/mol. The quantitative estimate of drug-likeness (QED) is 0.584. The van der Waals surface area contributed by atoms with Gasteiger partial charge in [-0.3, -0.25) is 9.59 Å². The number of nitrogens with two attached hydrogens (primary N) is 1. The third-order valence-electron chi connectivity index (χ3n) is 3.04. The molecule has 0 radical (unpaired) electrons. The van der Waals surface area contributed by atoms with Crippen LogP contribution >= 0.6 is 34.5 Å². The molecule has 0 aliphatic heterocycles. The van der Waals surface area contributed by atoms with Gasteiger partial charge in [-0.15, -0.1) is 11.3 Å². The van der Waals surface area contributed by atoms with Gasteiger partial charge < -0.3 is 21.3 Å². The van der Waals surface area contributed by atoms with Crippen molar-refractivity contribution in [2.45, 2.75) is 25.4 Å². The fourth-order valence-corrected chi connectivity index (χ4v) is 2.77. The molecule has 2 rings (SSSR count). The van der Waals surface area contributed by atoms with E-state index in [0.717, 1.165) is 5.00 Å². The van der Waals surface area contributed by atoms with E-state index in [-0.39, 0.29) is 6.42 Å². The maximum absolute atomic E-state index is 10.5. The van der Waals surface area contributed by atoms with Crippen molar-refractivity contribution in [3.8, 4) is 0 Å². The summed E-state index contributed by atoms with van der Waals surface area (Å²) in [4.78, 5) is 20.9. The van der Waals surface area contributed by atoms with Crippen LogP contribution in [0, 0.1) is 0 Å². The first-order chi connectivity index (χ1) is 11.7. The molecule has 9 heteroatoms. The summed E-state index contributed by atoms with van der Waals surface area (Å²) in [5.41, 5.74) is 6.01. The second-order valence-corrected chi connectivity index (χ2v) is 6.78. The highest BCUT2D eigenvalue weighted by Crippen LogP contribution is 2.26. The molecule has 0 aliphatic carbocycles. The fraction of sp³-hybridized carbons (Fsp3) is 0.250. The number of nitrogens with one attached hydrogen (secondary N) is 1. The number of carbonyl (C=O) groups is 2. The molecule has 25 heavy (non-hydrogen) atoms. The van der Waals surface area contributed by atoms with Gasteiger partial charge in [0.25, 0.3) is 0 Å². The number of carboxylic acid groups (broad SMARTS) is 2. The molecule has 0 spiro atoms. The summed E-state index contributed by atoms with van der Waals surface area (Å²) in [5, 5.41) is 23.5. The summed E-state index contributed by atoms with van der Waals surface area (Å²) in [6, 6.07) is 7.31. The second kappa shape index (κ2) is 10.2. The molecule has 2 aromatic rings. The van der Waals surface area contributed by atoms with E-state index in [0.29, 0.717) is 15.6 Å². The van der Waals surface area contributed by atoms with Crippen molar-refractivity contribution in [3.05, 3.63) is 51.3 Å². The molecule has 1 heterocycles. The van der Waals surface area contributed by atoms with Gasteiger partial charge in [-0.1, -0.05) is 35.3 Å². The molecule has 2 unspecified atom stereocenters. The number of halogens is 2. The standard InChI is InChI=1S/C9H9Cl2NO2.C7H9NO2S/c10-6-3-1-2-5(8(6)11)4-7(12)9(13)14;1-5(7(9)10)8-6-3-2-4-11-6/h1-3,7H,4,12H2,(H,13,14);2-5,8H,1H3,(H,9,10). The normalized spacial score (nSPS) is 12.5. The minimum absolute atomic E-state index is 0.175. The molecular formula is C16H18Cl2N2O4S. The molecule has 5 N–H and O–H groups in total. The van der Waals surface area contributed by atoms with E-state index in [1.807, 2.05) is 17.5 Å². The zero-order valence-electron chi connectivity index (χ0n) is 13.3. The van der Waals surface area contributed by atoms with Gasteiger partial charge in [0.1, 0.15) is 12.1 Å². The fourth-order valence-electron chi connectivity index (χ4n) is 1.67. The van der Waals surface area contributed by atoms with E-state index in [9.17, 15) is 9.59 Å². The first kappa shape index (κ1) is 21.2. The highest BCUT2D eigenvalue weighted by atomic mass is 35.5. The molecule has 0 fully saturated rings. The lowest BCUT2D eigenvalue weighted by Gasteiger charge is -2.08. The monoisotopic (exact) mass is 404 g/mol. The Morgan fingerprint density at radius 2 is 1.88 bits per heavy atom. The number of hydrogen-bond donors (Lipinski definition) is 4. The number of carboxylic acids is 2. The van der Waals surface area contributed by atoms with Crippen molar-refractivity contribution < 1.29 is 19.8 Å². The zero-order chi connectivity index (χ0) is 19.0. The molecule has 136 valence electrons. The molecule has 0 bridgehead atoms. The van der Waals surface area contributed by atoms with Gasteiger partial charge in [0, 0.05) is 0 Å². The first-order valence-corrected chi connectivity index (χ1v) is 8.80. The highest BCUT2D eigenvalue weighted by molar-refractivity contribution is 7.14. The van der Waals surface area contributed by atoms with Gasteiger partial charge in [-0.25, -0.2) is 0 Å². The Morgan fingerprint density at radius 1 is 1.20 bits per heavy atom. The largest absolute Gasteiger partial charge is 0.480 e. The molecule has 0 saturated heterocycles. The average Bonchev–Trinajstić information content (AvgIpc) is 3.05. The minimum Gasteiger partial charge on any atom is -0.480 e. The first-order valence-electron chi connectivity index (χ1n) is 7.16. The second-order valence-electron chi connectivity index (χ2n) is 5.04. The van der Waals surface area contributed by atoms with Crippen molar-refractivity contribution in [1.29, 1.82) is 0 Å². The molecular weight excluding hydrogens is 387 g/mol. The van der Waals surface area contributed by atoms with Gasteiger partial charge in [0.2, 0.25) is 0 Å². The topological polar surface area (TPSA) is 113 Å². The van der Waals surface area contributed by atoms with Crippen LogP contribution in [0.4, 0.5) is 5.00 Å². The Labute approximate surface area is 159 Å². The highest BCUT2D eigenvalue weighted by Gasteiger charge is 2.14. The van der Waals surface area contributed by atoms with Crippen LogP contribution in [-0.2, 0) is 16.0 Å². The Morgan fingerprint density at radius 3 is 2.40 bits per heavy atom. The van der Waals surface area contributed by atoms with Crippen LogP contribution in [0.5, 0.6) is 0 Å². The number of rotatable bonds is 6. The third-order valence-corrected chi connectivity index (χ3v) is 4.70. The SMILES string of the molecule is CC(Nc1cccs1)C(=O)O.NC(Cc1cccc(Cl)c1Cl)C(=O)O. The summed E-state index contributed by atoms with van der Waals surface area (Å²) in [6.45, 7) is 1.61. The average molecular weight is 405 g/mol. The lowest BCUT2D eigenvalue weighted by atomic mass is 10.1. The predicted octanol–water partition coefficient (Wildman–Crippen LogP) is 3.58. The van der Waals surface area contributed by atoms with E-state index in [2.05, 4.69) is 5.32 Å². The van der Waals surface area contributed by atoms with Crippen LogP contribution in [0.2, 0.25) is 10.0 Å². The summed E-state index contributed by atoms with van der Waals surface area (Å²) >= 11 is 13.1. The van der Waals surface area contributed by atoms with E-state index >= 15 is 0 Å². The van der Waals surface area contributed by atoms with Gasteiger partial charge in [-0.05, 0) is 42.5 Å². The smallest absolute Gasteiger partial charge is 0.325 e. The maximum atomic E-state index is 10.5. The summed E-state index contributed by atoms with van der Waals surface area (Å²) in [6.07, 6.45) is 0.175. The summed E-state index contributed by atoms with van der Waals surface area (Å²) in [7, 11) is 0. The number of benzene rings is 1. The van der Waals surface area contributed by atoms with Crippen molar-refractivity contribution >= 4 is 51.5 Å². The van der Waals surface area contributed by atoms with Crippen LogP contribution in [0.25, 0.3) is 0 Å². The van der Waals surface area contributed by atoms with E-state index in [1.54, 1.807) is 25.1 Å². The minimum atomic E-state index is -1.05. The number of anilines is 1. The maximum Gasteiger partial charge on any atom is 0.325 e. The molecule has 1 aromatic heterocycles. The summed E-state index contributed by atoms with van der Waals surface area (Å²) < 4.78 is 0. The molecule has 6 nitrogen and oxygen atoms in total. The lowest BCUT2D eigenvalue weighted by Crippen LogP contribution is -2.32. The third kappa shape index (κ3) is 7.31. The van der Waals surface area contributed by atoms with Crippen LogP contribution < -0.4 is 11.1 Å². The van der Waals surface area contributed by atoms with Crippen LogP contribution in [0.3, 0.4) is 0 Å². The van der Waals surface area contributed by atoms with Crippen molar-refractivity contribution in [1.82, 2.24) is 0 Å². The van der Waals surface area contributed by atoms with Gasteiger partial charge in [0.15, 0.2) is 0 Å². The van der Waals surface area contributed by atoms with Gasteiger partial charge in [-0.2, -0.15) is 0 Å². The Balaban J connectivity index is 0.000000257. The van der Waals surface area contributed by atoms with Crippen molar-refractivity contribution in [3.63, 3.8) is 0 Å². The van der Waals surface area contributed by atoms with Gasteiger partial charge >= 0.3 is 11.9 Å². The van der Waals surface area contributed by atoms with Crippen LogP contribution in [-0.4, -0.2) is 34.2 Å². The van der Waals surface area contributed by atoms with E-state index in [4.69, 9.17) is 39.1 Å². The summed E-state index contributed by atoms with van der Waals surface area (Å²) in [5.74, 6) is -1.89. The molecule has 1 aromatic carbocycles.